The van der Waals surface area contributed by atoms with Crippen molar-refractivity contribution in [1.29, 1.82) is 0 Å². The predicted molar refractivity (Wildman–Crippen MR) is 54.6 cm³/mol. The second-order valence-electron chi connectivity index (χ2n) is 2.20. The Kier molecular flexibility index (Phi) is 13.0. The fourth-order valence-electron chi connectivity index (χ4n) is 0.771. The van der Waals surface area contributed by atoms with Crippen LogP contribution in [0.25, 0.3) is 0 Å². The Balaban J connectivity index is 0. The van der Waals surface area contributed by atoms with Gasteiger partial charge in [-0.15, -0.1) is 0 Å². The zero-order valence-electron chi connectivity index (χ0n) is 8.11. The molecule has 0 fully saturated rings. The largest absolute Gasteiger partial charge is 1.00 e. The Hall–Kier alpha value is 1.29. The third kappa shape index (κ3) is 9.03. The molecule has 0 aliphatic heterocycles. The van der Waals surface area contributed by atoms with E-state index in [0.29, 0.717) is 16.5 Å². The van der Waals surface area contributed by atoms with E-state index >= 15 is 0 Å². The molecule has 0 unspecified atom stereocenters. The quantitative estimate of drug-likeness (QED) is 0.537. The van der Waals surface area contributed by atoms with Crippen LogP contribution in [0.1, 0.15) is 5.56 Å². The summed E-state index contributed by atoms with van der Waals surface area (Å²) >= 11 is 11.6. The summed E-state index contributed by atoms with van der Waals surface area (Å²) in [6, 6.07) is 5.45. The molecule has 0 nitrogen and oxygen atoms in total. The summed E-state index contributed by atoms with van der Waals surface area (Å²) in [6.07, 6.45) is 0.637. The van der Waals surface area contributed by atoms with E-state index in [9.17, 15) is 12.9 Å². The number of rotatable bonds is 1. The van der Waals surface area contributed by atoms with Gasteiger partial charge in [-0.25, -0.2) is 0 Å². The summed E-state index contributed by atoms with van der Waals surface area (Å²) in [6.45, 7) is 3.71. The van der Waals surface area contributed by atoms with Crippen molar-refractivity contribution in [2.45, 2.75) is 6.42 Å². The van der Waals surface area contributed by atoms with Crippen LogP contribution >= 0.6 is 23.2 Å². The van der Waals surface area contributed by atoms with Gasteiger partial charge in [-0.2, -0.15) is 6.42 Å². The Morgan fingerprint density at radius 2 is 1.47 bits per heavy atom. The first-order valence-corrected chi connectivity index (χ1v) is 4.39. The monoisotopic (exact) mass is 280 g/mol. The first-order valence-electron chi connectivity index (χ1n) is 3.63. The van der Waals surface area contributed by atoms with Crippen LogP contribution in [0.3, 0.4) is 0 Å². The molecule has 0 spiro atoms. The minimum absolute atomic E-state index is 0. The average molecular weight is 281 g/mol. The van der Waals surface area contributed by atoms with E-state index in [1.54, 1.807) is 0 Å². The van der Waals surface area contributed by atoms with E-state index in [1.807, 2.05) is 18.2 Å². The zero-order valence-corrected chi connectivity index (χ0v) is 12.7. The summed E-state index contributed by atoms with van der Waals surface area (Å²) in [7, 11) is -3.67. The second-order valence-corrected chi connectivity index (χ2v) is 3.01. The number of halogens is 5. The van der Waals surface area contributed by atoms with Crippen LogP contribution in [0.4, 0.5) is 12.9 Å². The van der Waals surface area contributed by atoms with Crippen molar-refractivity contribution in [3.8, 4) is 0 Å². The third-order valence-corrected chi connectivity index (χ3v) is 2.02. The van der Waals surface area contributed by atoms with E-state index in [1.165, 1.54) is 0 Å². The minimum atomic E-state index is -3.67. The van der Waals surface area contributed by atoms with Crippen LogP contribution in [0.15, 0.2) is 18.2 Å². The molecule has 0 heterocycles. The summed E-state index contributed by atoms with van der Waals surface area (Å²) in [4.78, 5) is 0. The molecule has 1 aromatic rings. The predicted octanol–water partition coefficient (Wildman–Crippen LogP) is 1.25. The molecule has 78 valence electrons. The number of hydrogen-bond acceptors (Lipinski definition) is 0. The summed E-state index contributed by atoms with van der Waals surface area (Å²) in [5.74, 6) is 0. The van der Waals surface area contributed by atoms with Crippen molar-refractivity contribution in [2.24, 2.45) is 0 Å². The van der Waals surface area contributed by atoms with E-state index in [4.69, 9.17) is 23.2 Å². The molecule has 0 radical (unpaired) electrons. The molecule has 0 aromatic heterocycles. The summed E-state index contributed by atoms with van der Waals surface area (Å²) in [5, 5.41) is 1.39. The molecule has 0 bridgehead atoms. The maximum absolute atomic E-state index is 9.67. The van der Waals surface area contributed by atoms with Crippen molar-refractivity contribution in [3.63, 3.8) is 0 Å². The molecule has 0 amide bonds. The molecule has 0 aliphatic rings. The third-order valence-electron chi connectivity index (χ3n) is 1.31. The van der Waals surface area contributed by atoms with E-state index in [2.05, 4.69) is 6.92 Å². The molecule has 0 aliphatic carbocycles. The standard InChI is InChI=1S/C8H7Cl2.BF3.K/c1-2-6-7(9)4-3-5-8(6)10;2-1(3)4;/h3-5H,1-2H2;;/q-1;;+1. The first kappa shape index (κ1) is 18.7. The molecule has 0 saturated heterocycles. The van der Waals surface area contributed by atoms with Gasteiger partial charge in [0.15, 0.2) is 0 Å². The van der Waals surface area contributed by atoms with Crippen LogP contribution in [0, 0.1) is 6.92 Å². The molecule has 0 saturated carbocycles. The van der Waals surface area contributed by atoms with E-state index in [-0.39, 0.29) is 51.4 Å². The van der Waals surface area contributed by atoms with Crippen molar-refractivity contribution >= 4 is 30.7 Å². The summed E-state index contributed by atoms with van der Waals surface area (Å²) in [5.41, 5.74) is 0.922. The van der Waals surface area contributed by atoms with Gasteiger partial charge in [0.05, 0.1) is 0 Å². The Morgan fingerprint density at radius 3 is 1.67 bits per heavy atom. The second kappa shape index (κ2) is 10.4. The van der Waals surface area contributed by atoms with Crippen LogP contribution in [-0.2, 0) is 6.42 Å². The van der Waals surface area contributed by atoms with Gasteiger partial charge in [0.25, 0.3) is 0 Å². The van der Waals surface area contributed by atoms with Gasteiger partial charge >= 0.3 is 58.9 Å². The van der Waals surface area contributed by atoms with Crippen LogP contribution in [0.2, 0.25) is 10.0 Å². The van der Waals surface area contributed by atoms with Gasteiger partial charge in [-0.05, 0) is 17.7 Å². The molecule has 1 rings (SSSR count). The number of hydrogen-bond donors (Lipinski definition) is 0. The molecular formula is C8H7BCl2F3K. The maximum Gasteiger partial charge on any atom is 1.00 e. The van der Waals surface area contributed by atoms with Gasteiger partial charge in [0.1, 0.15) is 0 Å². The zero-order chi connectivity index (χ0) is 11.1. The van der Waals surface area contributed by atoms with Gasteiger partial charge in [-0.3, -0.25) is 12.9 Å². The molecule has 15 heavy (non-hydrogen) atoms. The average Bonchev–Trinajstić information content (AvgIpc) is 2.03. The summed E-state index contributed by atoms with van der Waals surface area (Å²) < 4.78 is 29.0. The smallest absolute Gasteiger partial charge is 0.339 e. The minimum Gasteiger partial charge on any atom is -0.339 e. The van der Waals surface area contributed by atoms with Crippen LogP contribution in [0.5, 0.6) is 0 Å². The Labute approximate surface area is 140 Å². The van der Waals surface area contributed by atoms with E-state index < -0.39 is 7.54 Å². The van der Waals surface area contributed by atoms with Gasteiger partial charge < -0.3 is 6.92 Å². The normalized spacial score (nSPS) is 8.40. The fraction of sp³-hybridized carbons (Fsp3) is 0.125. The van der Waals surface area contributed by atoms with Gasteiger partial charge in [0, 0.05) is 10.0 Å². The molecule has 0 atom stereocenters. The van der Waals surface area contributed by atoms with Crippen molar-refractivity contribution in [2.75, 3.05) is 0 Å². The number of benzene rings is 1. The Morgan fingerprint density at radius 1 is 1.13 bits per heavy atom. The van der Waals surface area contributed by atoms with Crippen molar-refractivity contribution < 1.29 is 64.3 Å². The molecule has 0 N–H and O–H groups in total. The van der Waals surface area contributed by atoms with Crippen LogP contribution in [-0.4, -0.2) is 7.54 Å². The topological polar surface area (TPSA) is 0 Å². The van der Waals surface area contributed by atoms with Crippen molar-refractivity contribution in [3.05, 3.63) is 40.7 Å². The molecular weight excluding hydrogens is 274 g/mol. The molecule has 1 aromatic carbocycles. The first-order chi connectivity index (χ1) is 6.49. The van der Waals surface area contributed by atoms with Gasteiger partial charge in [0.2, 0.25) is 0 Å². The molecule has 7 heteroatoms. The maximum atomic E-state index is 9.67. The van der Waals surface area contributed by atoms with Crippen LogP contribution < -0.4 is 51.4 Å². The fourth-order valence-corrected chi connectivity index (χ4v) is 1.36. The van der Waals surface area contributed by atoms with E-state index in [0.717, 1.165) is 5.56 Å². The van der Waals surface area contributed by atoms with Gasteiger partial charge in [-0.1, -0.05) is 29.3 Å². The SMILES string of the molecule is FB(F)F.[CH2-]Cc1c(Cl)cccc1Cl.[K+]. The van der Waals surface area contributed by atoms with Crippen molar-refractivity contribution in [1.82, 2.24) is 0 Å². The Bertz CT molecular complexity index is 264.